The van der Waals surface area contributed by atoms with Crippen molar-refractivity contribution < 1.29 is 13.2 Å². The summed E-state index contributed by atoms with van der Waals surface area (Å²) < 4.78 is 40.6. The second-order valence-electron chi connectivity index (χ2n) is 6.79. The van der Waals surface area contributed by atoms with Gasteiger partial charge in [0.2, 0.25) is 0 Å². The van der Waals surface area contributed by atoms with Gasteiger partial charge in [-0.3, -0.25) is 0 Å². The number of hydrogen-bond donors (Lipinski definition) is 0. The molecule has 0 radical (unpaired) electrons. The number of fused-ring (bicyclic) bond motifs is 1. The van der Waals surface area contributed by atoms with Gasteiger partial charge in [-0.05, 0) is 67.6 Å². The molecule has 1 fully saturated rings. The van der Waals surface area contributed by atoms with E-state index in [1.165, 1.54) is 50.2 Å². The van der Waals surface area contributed by atoms with Gasteiger partial charge in [0.25, 0.3) is 0 Å². The summed E-state index contributed by atoms with van der Waals surface area (Å²) in [5.74, 6) is -2.02. The highest BCUT2D eigenvalue weighted by Crippen LogP contribution is 2.38. The summed E-state index contributed by atoms with van der Waals surface area (Å²) in [6.07, 6.45) is 10.4. The van der Waals surface area contributed by atoms with Gasteiger partial charge in [-0.2, -0.15) is 0 Å². The van der Waals surface area contributed by atoms with E-state index >= 15 is 0 Å². The Labute approximate surface area is 130 Å². The maximum absolute atomic E-state index is 13.8. The predicted molar refractivity (Wildman–Crippen MR) is 82.2 cm³/mol. The van der Waals surface area contributed by atoms with Gasteiger partial charge < -0.3 is 0 Å². The van der Waals surface area contributed by atoms with Crippen molar-refractivity contribution in [3.8, 4) is 0 Å². The normalized spacial score (nSPS) is 24.8. The van der Waals surface area contributed by atoms with Gasteiger partial charge >= 0.3 is 0 Å². The van der Waals surface area contributed by atoms with Crippen LogP contribution in [0.5, 0.6) is 0 Å². The lowest BCUT2D eigenvalue weighted by Crippen LogP contribution is -2.20. The summed E-state index contributed by atoms with van der Waals surface area (Å²) in [6.45, 7) is 2.23. The molecule has 0 bridgehead atoms. The smallest absolute Gasteiger partial charge is 0.194 e. The van der Waals surface area contributed by atoms with Crippen LogP contribution in [-0.4, -0.2) is 0 Å². The fourth-order valence-corrected chi connectivity index (χ4v) is 4.13. The molecule has 1 aromatic carbocycles. The molecule has 0 unspecified atom stereocenters. The first-order valence-corrected chi connectivity index (χ1v) is 8.44. The maximum atomic E-state index is 13.8. The van der Waals surface area contributed by atoms with Crippen LogP contribution in [0.3, 0.4) is 0 Å². The van der Waals surface area contributed by atoms with E-state index in [-0.39, 0.29) is 0 Å². The van der Waals surface area contributed by atoms with Crippen molar-refractivity contribution in [2.24, 2.45) is 11.8 Å². The summed E-state index contributed by atoms with van der Waals surface area (Å²) in [7, 11) is 0. The van der Waals surface area contributed by atoms with E-state index in [0.717, 1.165) is 5.92 Å². The zero-order valence-corrected chi connectivity index (χ0v) is 13.1. The summed E-state index contributed by atoms with van der Waals surface area (Å²) >= 11 is 0. The molecule has 120 valence electrons. The number of rotatable bonds is 3. The van der Waals surface area contributed by atoms with Crippen molar-refractivity contribution >= 4 is 0 Å². The van der Waals surface area contributed by atoms with Gasteiger partial charge in [-0.15, -0.1) is 0 Å². The van der Waals surface area contributed by atoms with Gasteiger partial charge in [0, 0.05) is 0 Å². The monoisotopic (exact) mass is 308 g/mol. The first-order valence-electron chi connectivity index (χ1n) is 8.44. The van der Waals surface area contributed by atoms with Crippen molar-refractivity contribution in [1.29, 1.82) is 0 Å². The van der Waals surface area contributed by atoms with Crippen LogP contribution in [0.1, 0.15) is 56.6 Å². The summed E-state index contributed by atoms with van der Waals surface area (Å²) in [4.78, 5) is 0. The van der Waals surface area contributed by atoms with Crippen molar-refractivity contribution in [2.45, 2.75) is 58.3 Å². The Balaban J connectivity index is 1.71. The topological polar surface area (TPSA) is 0 Å². The van der Waals surface area contributed by atoms with Gasteiger partial charge in [-0.25, -0.2) is 13.2 Å². The Hall–Kier alpha value is -1.25. The molecule has 0 heterocycles. The van der Waals surface area contributed by atoms with Crippen LogP contribution in [-0.2, 0) is 12.8 Å². The molecule has 1 aromatic rings. The molecule has 0 atom stereocenters. The summed E-state index contributed by atoms with van der Waals surface area (Å²) in [6, 6.07) is 1.18. The van der Waals surface area contributed by atoms with Gasteiger partial charge in [0.05, 0.1) is 0 Å². The molecule has 0 N–H and O–H groups in total. The van der Waals surface area contributed by atoms with Crippen molar-refractivity contribution in [2.75, 3.05) is 0 Å². The quantitative estimate of drug-likeness (QED) is 0.494. The maximum Gasteiger partial charge on any atom is 0.194 e. The standard InChI is InChI=1S/C19H23F3/c1-2-3-12-4-6-13(7-5-12)14-8-9-16-15(10-14)11-17(20)19(22)18(16)21/h8,11-13H,2-7,9-10H2,1H3. The molecule has 0 spiro atoms. The Bertz CT molecular complexity index is 581. The van der Waals surface area contributed by atoms with E-state index in [4.69, 9.17) is 0 Å². The van der Waals surface area contributed by atoms with Crippen LogP contribution >= 0.6 is 0 Å². The average molecular weight is 308 g/mol. The van der Waals surface area contributed by atoms with E-state index < -0.39 is 17.5 Å². The van der Waals surface area contributed by atoms with Gasteiger partial charge in [0.15, 0.2) is 17.5 Å². The summed E-state index contributed by atoms with van der Waals surface area (Å²) in [5, 5.41) is 0. The van der Waals surface area contributed by atoms with E-state index in [0.29, 0.717) is 29.9 Å². The molecule has 2 aliphatic carbocycles. The second-order valence-corrected chi connectivity index (χ2v) is 6.79. The van der Waals surface area contributed by atoms with Crippen LogP contribution in [0, 0.1) is 29.3 Å². The minimum absolute atomic E-state index is 0.335. The molecule has 0 aromatic heterocycles. The number of hydrogen-bond acceptors (Lipinski definition) is 0. The molecule has 2 aliphatic rings. The van der Waals surface area contributed by atoms with Crippen LogP contribution in [0.25, 0.3) is 0 Å². The molecule has 0 nitrogen and oxygen atoms in total. The fraction of sp³-hybridized carbons (Fsp3) is 0.579. The molecular formula is C19H23F3. The van der Waals surface area contributed by atoms with E-state index in [2.05, 4.69) is 6.92 Å². The Morgan fingerprint density at radius 2 is 1.77 bits per heavy atom. The van der Waals surface area contributed by atoms with E-state index in [1.54, 1.807) is 0 Å². The minimum atomic E-state index is -1.34. The predicted octanol–water partition coefficient (Wildman–Crippen LogP) is 5.74. The van der Waals surface area contributed by atoms with E-state index in [9.17, 15) is 13.2 Å². The molecule has 0 saturated heterocycles. The Kier molecular flexibility index (Phi) is 4.60. The van der Waals surface area contributed by atoms with Gasteiger partial charge in [0.1, 0.15) is 0 Å². The van der Waals surface area contributed by atoms with Crippen LogP contribution in [0.4, 0.5) is 13.2 Å². The lowest BCUT2D eigenvalue weighted by molar-refractivity contribution is 0.283. The number of halogens is 3. The summed E-state index contributed by atoms with van der Waals surface area (Å²) in [5.41, 5.74) is 2.26. The third kappa shape index (κ3) is 2.95. The SMILES string of the molecule is CCCC1CCC(C2=CCc3c(cc(F)c(F)c3F)C2)CC1. The second kappa shape index (κ2) is 6.47. The highest BCUT2D eigenvalue weighted by molar-refractivity contribution is 5.39. The highest BCUT2D eigenvalue weighted by atomic mass is 19.2. The largest absolute Gasteiger partial charge is 0.204 e. The third-order valence-corrected chi connectivity index (χ3v) is 5.39. The molecular weight excluding hydrogens is 285 g/mol. The average Bonchev–Trinajstić information content (AvgIpc) is 2.53. The van der Waals surface area contributed by atoms with Crippen molar-refractivity contribution in [3.63, 3.8) is 0 Å². The molecule has 3 rings (SSSR count). The van der Waals surface area contributed by atoms with Crippen LogP contribution < -0.4 is 0 Å². The number of allylic oxidation sites excluding steroid dienone is 2. The highest BCUT2D eigenvalue weighted by Gasteiger charge is 2.27. The van der Waals surface area contributed by atoms with Gasteiger partial charge in [-0.1, -0.05) is 31.4 Å². The molecule has 22 heavy (non-hydrogen) atoms. The lowest BCUT2D eigenvalue weighted by atomic mass is 9.74. The van der Waals surface area contributed by atoms with Crippen molar-refractivity contribution in [3.05, 3.63) is 46.3 Å². The molecule has 3 heteroatoms. The van der Waals surface area contributed by atoms with Crippen molar-refractivity contribution in [1.82, 2.24) is 0 Å². The lowest BCUT2D eigenvalue weighted by Gasteiger charge is -2.32. The van der Waals surface area contributed by atoms with E-state index in [1.807, 2.05) is 6.08 Å². The molecule has 0 aliphatic heterocycles. The molecule has 0 amide bonds. The molecule has 1 saturated carbocycles. The minimum Gasteiger partial charge on any atom is -0.204 e. The Morgan fingerprint density at radius 1 is 1.05 bits per heavy atom. The number of benzene rings is 1. The Morgan fingerprint density at radius 3 is 2.45 bits per heavy atom. The zero-order valence-electron chi connectivity index (χ0n) is 13.1. The first kappa shape index (κ1) is 15.6. The van der Waals surface area contributed by atoms with Crippen LogP contribution in [0.2, 0.25) is 0 Å². The van der Waals surface area contributed by atoms with Crippen LogP contribution in [0.15, 0.2) is 17.7 Å². The third-order valence-electron chi connectivity index (χ3n) is 5.39. The zero-order chi connectivity index (χ0) is 15.7. The fourth-order valence-electron chi connectivity index (χ4n) is 4.13. The first-order chi connectivity index (χ1) is 10.6.